The fourth-order valence-electron chi connectivity index (χ4n) is 2.75. The minimum absolute atomic E-state index is 0.0938. The van der Waals surface area contributed by atoms with Gasteiger partial charge in [0.1, 0.15) is 0 Å². The lowest BCUT2D eigenvalue weighted by Crippen LogP contribution is -2.32. The van der Waals surface area contributed by atoms with Crippen molar-refractivity contribution in [3.63, 3.8) is 0 Å². The molecule has 0 aliphatic heterocycles. The molecule has 0 fully saturated rings. The highest BCUT2D eigenvalue weighted by atomic mass is 16.2. The van der Waals surface area contributed by atoms with E-state index in [-0.39, 0.29) is 5.91 Å². The molecule has 26 heavy (non-hydrogen) atoms. The van der Waals surface area contributed by atoms with E-state index >= 15 is 0 Å². The van der Waals surface area contributed by atoms with Crippen molar-refractivity contribution in [1.29, 1.82) is 5.26 Å². The van der Waals surface area contributed by atoms with Crippen LogP contribution in [0.25, 0.3) is 0 Å². The largest absolute Gasteiger partial charge is 0.332 e. The summed E-state index contributed by atoms with van der Waals surface area (Å²) in [6.45, 7) is 1.01. The molecular formula is C22H19N3O. The van der Waals surface area contributed by atoms with Crippen LogP contribution in [0.2, 0.25) is 0 Å². The van der Waals surface area contributed by atoms with Gasteiger partial charge in [-0.15, -0.1) is 0 Å². The number of hydrogen-bond acceptors (Lipinski definition) is 3. The molecule has 4 heteroatoms. The van der Waals surface area contributed by atoms with E-state index in [1.807, 2.05) is 36.4 Å². The monoisotopic (exact) mass is 341 g/mol. The summed E-state index contributed by atoms with van der Waals surface area (Å²) in [5.74, 6) is -0.0938. The maximum absolute atomic E-state index is 13.0. The van der Waals surface area contributed by atoms with Crippen LogP contribution in [0.1, 0.15) is 27.2 Å². The van der Waals surface area contributed by atoms with Gasteiger partial charge >= 0.3 is 0 Å². The van der Waals surface area contributed by atoms with Gasteiger partial charge < -0.3 is 4.90 Å². The molecular weight excluding hydrogens is 322 g/mol. The summed E-state index contributed by atoms with van der Waals surface area (Å²) in [6, 6.07) is 24.7. The molecule has 3 rings (SSSR count). The average molecular weight is 341 g/mol. The topological polar surface area (TPSA) is 57.0 Å². The Balaban J connectivity index is 1.81. The number of aromatic nitrogens is 1. The van der Waals surface area contributed by atoms with Gasteiger partial charge in [0.25, 0.3) is 5.91 Å². The Bertz CT molecular complexity index is 901. The normalized spacial score (nSPS) is 10.1. The van der Waals surface area contributed by atoms with Crippen molar-refractivity contribution < 1.29 is 4.79 Å². The Morgan fingerprint density at radius 3 is 2.54 bits per heavy atom. The molecule has 1 aromatic heterocycles. The highest BCUT2D eigenvalue weighted by molar-refractivity contribution is 5.94. The summed E-state index contributed by atoms with van der Waals surface area (Å²) in [5.41, 5.74) is 3.02. The van der Waals surface area contributed by atoms with Crippen LogP contribution in [0.15, 0.2) is 79.0 Å². The van der Waals surface area contributed by atoms with Crippen molar-refractivity contribution in [1.82, 2.24) is 9.88 Å². The first-order valence-corrected chi connectivity index (χ1v) is 8.49. The van der Waals surface area contributed by atoms with Crippen LogP contribution < -0.4 is 0 Å². The van der Waals surface area contributed by atoms with Crippen molar-refractivity contribution in [2.24, 2.45) is 0 Å². The van der Waals surface area contributed by atoms with E-state index in [9.17, 15) is 4.79 Å². The zero-order valence-corrected chi connectivity index (χ0v) is 14.4. The van der Waals surface area contributed by atoms with E-state index in [0.29, 0.717) is 24.2 Å². The molecule has 0 aliphatic carbocycles. The van der Waals surface area contributed by atoms with E-state index < -0.39 is 0 Å². The molecule has 0 saturated carbocycles. The van der Waals surface area contributed by atoms with Crippen molar-refractivity contribution in [3.05, 3.63) is 101 Å². The van der Waals surface area contributed by atoms with E-state index in [2.05, 4.69) is 23.2 Å². The van der Waals surface area contributed by atoms with E-state index in [4.69, 9.17) is 5.26 Å². The number of nitrogens with zero attached hydrogens (tertiary/aromatic N) is 3. The highest BCUT2D eigenvalue weighted by Gasteiger charge is 2.17. The summed E-state index contributed by atoms with van der Waals surface area (Å²) in [5, 5.41) is 9.08. The summed E-state index contributed by atoms with van der Waals surface area (Å²) in [7, 11) is 0. The third-order valence-corrected chi connectivity index (χ3v) is 4.12. The molecule has 0 bridgehead atoms. The van der Waals surface area contributed by atoms with E-state index in [0.717, 1.165) is 12.1 Å². The number of hydrogen-bond donors (Lipinski definition) is 0. The Hall–Kier alpha value is -3.45. The number of benzene rings is 2. The molecule has 0 unspecified atom stereocenters. The van der Waals surface area contributed by atoms with Crippen LogP contribution in [0.5, 0.6) is 0 Å². The molecule has 3 aromatic rings. The Morgan fingerprint density at radius 2 is 1.81 bits per heavy atom. The predicted octanol–water partition coefficient (Wildman–Crippen LogP) is 3.84. The fourth-order valence-corrected chi connectivity index (χ4v) is 2.75. The van der Waals surface area contributed by atoms with Crippen LogP contribution in [0.4, 0.5) is 0 Å². The number of pyridine rings is 1. The molecule has 0 aliphatic rings. The number of amides is 1. The molecule has 1 heterocycles. The highest BCUT2D eigenvalue weighted by Crippen LogP contribution is 2.12. The third-order valence-electron chi connectivity index (χ3n) is 4.12. The number of carbonyl (C=O) groups is 1. The Morgan fingerprint density at radius 1 is 1.00 bits per heavy atom. The van der Waals surface area contributed by atoms with Crippen LogP contribution in [-0.2, 0) is 13.0 Å². The van der Waals surface area contributed by atoms with Gasteiger partial charge in [-0.25, -0.2) is 0 Å². The lowest BCUT2D eigenvalue weighted by atomic mass is 10.1. The predicted molar refractivity (Wildman–Crippen MR) is 100 cm³/mol. The molecule has 0 N–H and O–H groups in total. The van der Waals surface area contributed by atoms with E-state index in [1.165, 1.54) is 5.56 Å². The molecule has 128 valence electrons. The van der Waals surface area contributed by atoms with Crippen molar-refractivity contribution in [3.8, 4) is 6.07 Å². The summed E-state index contributed by atoms with van der Waals surface area (Å²) >= 11 is 0. The maximum atomic E-state index is 13.0. The zero-order valence-electron chi connectivity index (χ0n) is 14.4. The van der Waals surface area contributed by atoms with Gasteiger partial charge in [-0.3, -0.25) is 9.78 Å². The second-order valence-corrected chi connectivity index (χ2v) is 5.98. The first kappa shape index (κ1) is 17.4. The number of carbonyl (C=O) groups excluding carboxylic acids is 1. The maximum Gasteiger partial charge on any atom is 0.254 e. The minimum Gasteiger partial charge on any atom is -0.332 e. The molecule has 0 atom stereocenters. The van der Waals surface area contributed by atoms with E-state index in [1.54, 1.807) is 35.4 Å². The zero-order chi connectivity index (χ0) is 18.2. The smallest absolute Gasteiger partial charge is 0.254 e. The van der Waals surface area contributed by atoms with Crippen molar-refractivity contribution >= 4 is 5.91 Å². The van der Waals surface area contributed by atoms with Gasteiger partial charge in [0.05, 0.1) is 23.9 Å². The van der Waals surface area contributed by atoms with Gasteiger partial charge in [-0.2, -0.15) is 5.26 Å². The lowest BCUT2D eigenvalue weighted by Gasteiger charge is -2.23. The van der Waals surface area contributed by atoms with Gasteiger partial charge in [0.2, 0.25) is 0 Å². The van der Waals surface area contributed by atoms with Gasteiger partial charge in [0, 0.05) is 18.3 Å². The summed E-state index contributed by atoms with van der Waals surface area (Å²) in [6.07, 6.45) is 2.49. The number of nitriles is 1. The standard InChI is InChI=1S/C22H19N3O/c23-16-19-9-6-10-20(15-19)22(26)25(17-21-11-4-5-13-24-21)14-12-18-7-2-1-3-8-18/h1-11,13,15H,12,14,17H2. The first-order valence-electron chi connectivity index (χ1n) is 8.49. The minimum atomic E-state index is -0.0938. The molecule has 0 spiro atoms. The molecule has 1 amide bonds. The average Bonchev–Trinajstić information content (AvgIpc) is 2.72. The van der Waals surface area contributed by atoms with Crippen LogP contribution in [-0.4, -0.2) is 22.3 Å². The van der Waals surface area contributed by atoms with Crippen molar-refractivity contribution in [2.45, 2.75) is 13.0 Å². The second-order valence-electron chi connectivity index (χ2n) is 5.98. The molecule has 4 nitrogen and oxygen atoms in total. The fraction of sp³-hybridized carbons (Fsp3) is 0.136. The van der Waals surface area contributed by atoms with Crippen LogP contribution >= 0.6 is 0 Å². The Labute approximate surface area is 153 Å². The van der Waals surface area contributed by atoms with Gasteiger partial charge in [0.15, 0.2) is 0 Å². The van der Waals surface area contributed by atoms with Crippen LogP contribution in [0, 0.1) is 11.3 Å². The van der Waals surface area contributed by atoms with Crippen molar-refractivity contribution in [2.75, 3.05) is 6.54 Å². The Kier molecular flexibility index (Phi) is 5.74. The summed E-state index contributed by atoms with van der Waals surface area (Å²) in [4.78, 5) is 19.1. The third kappa shape index (κ3) is 4.55. The second kappa shape index (κ2) is 8.59. The molecule has 0 saturated heterocycles. The summed E-state index contributed by atoms with van der Waals surface area (Å²) < 4.78 is 0. The lowest BCUT2D eigenvalue weighted by molar-refractivity contribution is 0.0743. The first-order chi connectivity index (χ1) is 12.8. The SMILES string of the molecule is N#Cc1cccc(C(=O)N(CCc2ccccc2)Cc2ccccn2)c1. The van der Waals surface area contributed by atoms with Gasteiger partial charge in [-0.05, 0) is 42.3 Å². The van der Waals surface area contributed by atoms with Gasteiger partial charge in [-0.1, -0.05) is 42.5 Å². The quantitative estimate of drug-likeness (QED) is 0.684. The molecule has 0 radical (unpaired) electrons. The van der Waals surface area contributed by atoms with Crippen LogP contribution in [0.3, 0.4) is 0 Å². The molecule has 2 aromatic carbocycles. The number of rotatable bonds is 6.